The largest absolute Gasteiger partial charge is 0.356 e. The number of hydrogen-bond acceptors (Lipinski definition) is 3. The molecule has 1 aliphatic rings. The third kappa shape index (κ3) is 2.89. The molecular weight excluding hydrogens is 314 g/mol. The van der Waals surface area contributed by atoms with E-state index < -0.39 is 0 Å². The van der Waals surface area contributed by atoms with Gasteiger partial charge in [-0.2, -0.15) is 5.10 Å². The van der Waals surface area contributed by atoms with Gasteiger partial charge in [0.15, 0.2) is 6.23 Å². The second-order valence-electron chi connectivity index (χ2n) is 6.68. The van der Waals surface area contributed by atoms with Crippen LogP contribution in [0, 0.1) is 6.92 Å². The lowest BCUT2D eigenvalue weighted by Gasteiger charge is -2.23. The van der Waals surface area contributed by atoms with Gasteiger partial charge in [-0.1, -0.05) is 0 Å². The lowest BCUT2D eigenvalue weighted by molar-refractivity contribution is -0.0366. The Morgan fingerprint density at radius 1 is 1.28 bits per heavy atom. The molecule has 5 nitrogen and oxygen atoms in total. The molecule has 1 aromatic carbocycles. The summed E-state index contributed by atoms with van der Waals surface area (Å²) in [7, 11) is 0. The van der Waals surface area contributed by atoms with E-state index in [0.29, 0.717) is 6.54 Å². The average Bonchev–Trinajstić information content (AvgIpc) is 3.04. The molecule has 2 aromatic heterocycles. The van der Waals surface area contributed by atoms with Crippen molar-refractivity contribution in [2.24, 2.45) is 0 Å². The van der Waals surface area contributed by atoms with Crippen LogP contribution in [0.4, 0.5) is 0 Å². The zero-order chi connectivity index (χ0) is 17.4. The zero-order valence-electron chi connectivity index (χ0n) is 14.7. The Morgan fingerprint density at radius 2 is 2.16 bits per heavy atom. The molecular formula is C20H23N3O2. The molecule has 0 bridgehead atoms. The first-order valence-corrected chi connectivity index (χ1v) is 8.97. The number of hydrogen-bond donors (Lipinski definition) is 0. The minimum Gasteiger partial charge on any atom is -0.356 e. The smallest absolute Gasteiger partial charge is 0.251 e. The maximum atomic E-state index is 12.2. The van der Waals surface area contributed by atoms with Crippen molar-refractivity contribution in [2.45, 2.75) is 45.9 Å². The highest BCUT2D eigenvalue weighted by Gasteiger charge is 2.19. The van der Waals surface area contributed by atoms with Gasteiger partial charge < -0.3 is 9.30 Å². The highest BCUT2D eigenvalue weighted by atomic mass is 16.5. The van der Waals surface area contributed by atoms with E-state index in [0.717, 1.165) is 47.0 Å². The highest BCUT2D eigenvalue weighted by Crippen LogP contribution is 2.31. The molecule has 0 radical (unpaired) electrons. The summed E-state index contributed by atoms with van der Waals surface area (Å²) in [5.41, 5.74) is 4.26. The number of aryl methyl sites for hydroxylation is 2. The minimum absolute atomic E-state index is 0.00917. The van der Waals surface area contributed by atoms with Gasteiger partial charge in [-0.05, 0) is 68.0 Å². The summed E-state index contributed by atoms with van der Waals surface area (Å²) in [5.74, 6) is 0. The van der Waals surface area contributed by atoms with Crippen molar-refractivity contribution in [1.82, 2.24) is 14.3 Å². The molecule has 0 spiro atoms. The summed E-state index contributed by atoms with van der Waals surface area (Å²) >= 11 is 0. The van der Waals surface area contributed by atoms with Crippen molar-refractivity contribution in [2.75, 3.05) is 6.61 Å². The number of rotatable bonds is 3. The molecule has 1 fully saturated rings. The van der Waals surface area contributed by atoms with Crippen LogP contribution in [0.25, 0.3) is 22.0 Å². The summed E-state index contributed by atoms with van der Waals surface area (Å²) in [5, 5.41) is 5.67. The van der Waals surface area contributed by atoms with Crippen LogP contribution in [0.1, 0.15) is 38.0 Å². The van der Waals surface area contributed by atoms with Crippen molar-refractivity contribution < 1.29 is 4.74 Å². The molecule has 4 rings (SSSR count). The van der Waals surface area contributed by atoms with E-state index >= 15 is 0 Å². The Bertz CT molecular complexity index is 965. The summed E-state index contributed by atoms with van der Waals surface area (Å²) < 4.78 is 9.60. The number of ether oxygens (including phenoxy) is 1. The van der Waals surface area contributed by atoms with E-state index in [4.69, 9.17) is 4.74 Å². The predicted molar refractivity (Wildman–Crippen MR) is 98.7 cm³/mol. The summed E-state index contributed by atoms with van der Waals surface area (Å²) in [6.07, 6.45) is 7.05. The van der Waals surface area contributed by atoms with E-state index in [1.165, 1.54) is 6.42 Å². The molecule has 1 saturated heterocycles. The Morgan fingerprint density at radius 3 is 2.88 bits per heavy atom. The molecule has 0 N–H and O–H groups in total. The van der Waals surface area contributed by atoms with Crippen LogP contribution in [0.2, 0.25) is 0 Å². The normalized spacial score (nSPS) is 17.9. The van der Waals surface area contributed by atoms with Crippen LogP contribution in [-0.2, 0) is 11.3 Å². The maximum Gasteiger partial charge on any atom is 0.251 e. The van der Waals surface area contributed by atoms with Crippen LogP contribution < -0.4 is 5.56 Å². The van der Waals surface area contributed by atoms with Gasteiger partial charge in [-0.25, -0.2) is 4.68 Å². The SMILES string of the molecule is CCn1ccc(-c2cc3c(cnn3C3CCCCO3)cc2C)cc1=O. The van der Waals surface area contributed by atoms with E-state index in [2.05, 4.69) is 24.2 Å². The Balaban J connectivity index is 1.82. The number of benzene rings is 1. The topological polar surface area (TPSA) is 49.0 Å². The van der Waals surface area contributed by atoms with Crippen LogP contribution in [0.5, 0.6) is 0 Å². The van der Waals surface area contributed by atoms with Crippen LogP contribution in [-0.4, -0.2) is 21.0 Å². The van der Waals surface area contributed by atoms with E-state index in [9.17, 15) is 4.79 Å². The molecule has 0 aliphatic carbocycles. The van der Waals surface area contributed by atoms with Crippen LogP contribution >= 0.6 is 0 Å². The van der Waals surface area contributed by atoms with Crippen molar-refractivity contribution in [1.29, 1.82) is 0 Å². The number of fused-ring (bicyclic) bond motifs is 1. The third-order valence-corrected chi connectivity index (χ3v) is 5.02. The maximum absolute atomic E-state index is 12.2. The molecule has 25 heavy (non-hydrogen) atoms. The minimum atomic E-state index is 0.00917. The number of nitrogens with zero attached hydrogens (tertiary/aromatic N) is 3. The second-order valence-corrected chi connectivity index (χ2v) is 6.68. The molecule has 5 heteroatoms. The lowest BCUT2D eigenvalue weighted by Crippen LogP contribution is -2.19. The lowest BCUT2D eigenvalue weighted by atomic mass is 9.99. The van der Waals surface area contributed by atoms with E-state index in [1.807, 2.05) is 30.1 Å². The Kier molecular flexibility index (Phi) is 4.17. The van der Waals surface area contributed by atoms with Crippen molar-refractivity contribution in [3.05, 3.63) is 52.6 Å². The van der Waals surface area contributed by atoms with Gasteiger partial charge in [0.05, 0.1) is 11.7 Å². The fourth-order valence-electron chi connectivity index (χ4n) is 3.60. The van der Waals surface area contributed by atoms with E-state index in [-0.39, 0.29) is 11.8 Å². The summed E-state index contributed by atoms with van der Waals surface area (Å²) in [4.78, 5) is 12.2. The van der Waals surface area contributed by atoms with Crippen LogP contribution in [0.3, 0.4) is 0 Å². The second kappa shape index (κ2) is 6.48. The highest BCUT2D eigenvalue weighted by molar-refractivity contribution is 5.86. The number of aromatic nitrogens is 3. The average molecular weight is 337 g/mol. The van der Waals surface area contributed by atoms with Crippen molar-refractivity contribution in [3.8, 4) is 11.1 Å². The van der Waals surface area contributed by atoms with Gasteiger partial charge in [0.25, 0.3) is 5.56 Å². The molecule has 3 heterocycles. The van der Waals surface area contributed by atoms with Gasteiger partial charge in [0.2, 0.25) is 0 Å². The fraction of sp³-hybridized carbons (Fsp3) is 0.400. The van der Waals surface area contributed by atoms with Gasteiger partial charge in [-0.15, -0.1) is 0 Å². The van der Waals surface area contributed by atoms with Crippen LogP contribution in [0.15, 0.2) is 41.5 Å². The Labute approximate surface area is 146 Å². The molecule has 0 amide bonds. The molecule has 0 saturated carbocycles. The first-order valence-electron chi connectivity index (χ1n) is 8.97. The number of pyridine rings is 1. The predicted octanol–water partition coefficient (Wildman–Crippen LogP) is 3.89. The fourth-order valence-corrected chi connectivity index (χ4v) is 3.60. The first kappa shape index (κ1) is 16.1. The molecule has 3 aromatic rings. The summed E-state index contributed by atoms with van der Waals surface area (Å²) in [6.45, 7) is 5.53. The van der Waals surface area contributed by atoms with Crippen molar-refractivity contribution >= 4 is 10.9 Å². The van der Waals surface area contributed by atoms with Crippen molar-refractivity contribution in [3.63, 3.8) is 0 Å². The molecule has 1 aliphatic heterocycles. The third-order valence-electron chi connectivity index (χ3n) is 5.02. The van der Waals surface area contributed by atoms with Gasteiger partial charge in [-0.3, -0.25) is 4.79 Å². The molecule has 130 valence electrons. The monoisotopic (exact) mass is 337 g/mol. The quantitative estimate of drug-likeness (QED) is 0.728. The van der Waals surface area contributed by atoms with E-state index in [1.54, 1.807) is 10.6 Å². The van der Waals surface area contributed by atoms with Gasteiger partial charge in [0.1, 0.15) is 0 Å². The summed E-state index contributed by atoms with van der Waals surface area (Å²) in [6, 6.07) is 8.01. The standard InChI is InChI=1S/C20H23N3O2/c1-3-22-8-7-15(11-19(22)24)17-12-18-16(10-14(17)2)13-21-23(18)20-6-4-5-9-25-20/h7-8,10-13,20H,3-6,9H2,1-2H3. The first-order chi connectivity index (χ1) is 12.2. The Hall–Kier alpha value is -2.40. The molecule has 1 atom stereocenters. The molecule has 1 unspecified atom stereocenters. The van der Waals surface area contributed by atoms with Gasteiger partial charge in [0, 0.05) is 30.8 Å². The van der Waals surface area contributed by atoms with Gasteiger partial charge >= 0.3 is 0 Å². The zero-order valence-corrected chi connectivity index (χ0v) is 14.7.